The van der Waals surface area contributed by atoms with Gasteiger partial charge < -0.3 is 9.67 Å². The summed E-state index contributed by atoms with van der Waals surface area (Å²) in [6.45, 7) is 0. The largest absolute Gasteiger partial charge is 0.476 e. The van der Waals surface area contributed by atoms with Gasteiger partial charge in [-0.2, -0.15) is 0 Å². The molecule has 0 fully saturated rings. The van der Waals surface area contributed by atoms with E-state index in [0.29, 0.717) is 5.56 Å². The molecule has 0 saturated heterocycles. The predicted octanol–water partition coefficient (Wildman–Crippen LogP) is 1.33. The molecule has 1 N–H and O–H groups in total. The number of carboxylic acids is 1. The monoisotopic (exact) mass is 298 g/mol. The highest BCUT2D eigenvalue weighted by Crippen LogP contribution is 2.26. The van der Waals surface area contributed by atoms with E-state index in [-0.39, 0.29) is 16.5 Å². The normalized spacial score (nSPS) is 11.6. The number of hydrogen-bond donors (Lipinski definition) is 1. The first kappa shape index (κ1) is 14.2. The molecule has 1 aromatic carbocycles. The number of aromatic carboxylic acids is 1. The quantitative estimate of drug-likeness (QED) is 0.923. The van der Waals surface area contributed by atoms with Crippen LogP contribution in [-0.2, 0) is 16.9 Å². The van der Waals surface area contributed by atoms with Crippen LogP contribution >= 0.6 is 0 Å². The summed E-state index contributed by atoms with van der Waals surface area (Å²) in [5.74, 6) is -1.83. The summed E-state index contributed by atoms with van der Waals surface area (Å²) in [6.07, 6.45) is 0.940. The Morgan fingerprint density at radius 1 is 1.30 bits per heavy atom. The molecule has 0 spiro atoms. The standard InChI is InChI=1S/C12H11FN2O4S/c1-15-10(7-3-5-8(13)6-4-7)9(11(16)17)14-12(15)20(2,18)19/h3-6H,1-2H3,(H,16,17). The van der Waals surface area contributed by atoms with Crippen LogP contribution in [-0.4, -0.2) is 35.3 Å². The lowest BCUT2D eigenvalue weighted by Gasteiger charge is -2.05. The van der Waals surface area contributed by atoms with Crippen LogP contribution in [0.25, 0.3) is 11.3 Å². The van der Waals surface area contributed by atoms with Crippen molar-refractivity contribution < 1.29 is 22.7 Å². The van der Waals surface area contributed by atoms with E-state index in [0.717, 1.165) is 18.4 Å². The van der Waals surface area contributed by atoms with Crippen LogP contribution in [0.15, 0.2) is 29.4 Å². The first-order valence-corrected chi connectivity index (χ1v) is 7.37. The van der Waals surface area contributed by atoms with Gasteiger partial charge in [-0.3, -0.25) is 0 Å². The van der Waals surface area contributed by atoms with E-state index < -0.39 is 21.6 Å². The molecule has 0 unspecified atom stereocenters. The number of sulfone groups is 1. The third-order valence-electron chi connectivity index (χ3n) is 2.71. The second-order valence-corrected chi connectivity index (χ2v) is 6.14. The van der Waals surface area contributed by atoms with Crippen molar-refractivity contribution in [3.8, 4) is 11.3 Å². The Hall–Kier alpha value is -2.22. The maximum absolute atomic E-state index is 12.9. The van der Waals surface area contributed by atoms with Gasteiger partial charge in [0, 0.05) is 18.9 Å². The van der Waals surface area contributed by atoms with Crippen LogP contribution in [0.4, 0.5) is 4.39 Å². The molecule has 8 heteroatoms. The number of nitrogens with zero attached hydrogens (tertiary/aromatic N) is 2. The number of benzene rings is 1. The molecule has 0 radical (unpaired) electrons. The van der Waals surface area contributed by atoms with Crippen LogP contribution in [0.1, 0.15) is 10.5 Å². The van der Waals surface area contributed by atoms with Crippen molar-refractivity contribution in [1.29, 1.82) is 0 Å². The lowest BCUT2D eigenvalue weighted by molar-refractivity contribution is 0.0691. The summed E-state index contributed by atoms with van der Waals surface area (Å²) in [5, 5.41) is 8.79. The Kier molecular flexibility index (Phi) is 3.34. The fourth-order valence-electron chi connectivity index (χ4n) is 1.90. The molecule has 0 aliphatic carbocycles. The maximum Gasteiger partial charge on any atom is 0.356 e. The van der Waals surface area contributed by atoms with Gasteiger partial charge in [0.1, 0.15) is 5.82 Å². The Morgan fingerprint density at radius 2 is 1.85 bits per heavy atom. The summed E-state index contributed by atoms with van der Waals surface area (Å²) in [6, 6.07) is 5.05. The van der Waals surface area contributed by atoms with E-state index in [9.17, 15) is 17.6 Å². The van der Waals surface area contributed by atoms with Crippen molar-refractivity contribution in [3.05, 3.63) is 35.8 Å². The van der Waals surface area contributed by atoms with Gasteiger partial charge in [-0.1, -0.05) is 0 Å². The van der Waals surface area contributed by atoms with E-state index in [2.05, 4.69) is 4.98 Å². The molecule has 2 aromatic rings. The van der Waals surface area contributed by atoms with Crippen LogP contribution in [0.2, 0.25) is 0 Å². The van der Waals surface area contributed by atoms with E-state index >= 15 is 0 Å². The first-order chi connectivity index (χ1) is 9.21. The molecule has 20 heavy (non-hydrogen) atoms. The highest BCUT2D eigenvalue weighted by Gasteiger charge is 2.26. The zero-order valence-corrected chi connectivity index (χ0v) is 11.5. The average Bonchev–Trinajstić information content (AvgIpc) is 2.68. The molecule has 0 amide bonds. The number of carbonyl (C=O) groups is 1. The number of halogens is 1. The van der Waals surface area contributed by atoms with Crippen LogP contribution < -0.4 is 0 Å². The number of hydrogen-bond acceptors (Lipinski definition) is 4. The second kappa shape index (κ2) is 4.71. The molecule has 6 nitrogen and oxygen atoms in total. The summed E-state index contributed by atoms with van der Waals surface area (Å²) in [4.78, 5) is 14.9. The maximum atomic E-state index is 12.9. The molecule has 0 aliphatic rings. The van der Waals surface area contributed by atoms with E-state index in [1.165, 1.54) is 23.7 Å². The Bertz CT molecular complexity index is 779. The number of carboxylic acid groups (broad SMARTS) is 1. The first-order valence-electron chi connectivity index (χ1n) is 5.48. The topological polar surface area (TPSA) is 89.3 Å². The van der Waals surface area contributed by atoms with Gasteiger partial charge in [-0.25, -0.2) is 22.6 Å². The molecule has 0 aliphatic heterocycles. The summed E-state index contributed by atoms with van der Waals surface area (Å²) >= 11 is 0. The summed E-state index contributed by atoms with van der Waals surface area (Å²) in [5.41, 5.74) is 0.0890. The van der Waals surface area contributed by atoms with Gasteiger partial charge in [0.2, 0.25) is 15.0 Å². The number of rotatable bonds is 3. The fourth-order valence-corrected chi connectivity index (χ4v) is 2.74. The minimum absolute atomic E-state index is 0.109. The summed E-state index contributed by atoms with van der Waals surface area (Å²) < 4.78 is 37.3. The highest BCUT2D eigenvalue weighted by molar-refractivity contribution is 7.90. The van der Waals surface area contributed by atoms with Crippen LogP contribution in [0, 0.1) is 5.82 Å². The van der Waals surface area contributed by atoms with Gasteiger partial charge in [0.15, 0.2) is 5.69 Å². The lowest BCUT2D eigenvalue weighted by atomic mass is 10.1. The van der Waals surface area contributed by atoms with Gasteiger partial charge >= 0.3 is 5.97 Å². The van der Waals surface area contributed by atoms with E-state index in [1.807, 2.05) is 0 Å². The average molecular weight is 298 g/mol. The molecule has 0 atom stereocenters. The van der Waals surface area contributed by atoms with Crippen molar-refractivity contribution >= 4 is 15.8 Å². The number of aromatic nitrogens is 2. The highest BCUT2D eigenvalue weighted by atomic mass is 32.2. The SMILES string of the molecule is Cn1c(S(C)(=O)=O)nc(C(=O)O)c1-c1ccc(F)cc1. The van der Waals surface area contributed by atoms with E-state index in [4.69, 9.17) is 5.11 Å². The smallest absolute Gasteiger partial charge is 0.356 e. The van der Waals surface area contributed by atoms with Gasteiger partial charge in [-0.05, 0) is 24.3 Å². The van der Waals surface area contributed by atoms with Gasteiger partial charge in [-0.15, -0.1) is 0 Å². The molecule has 106 valence electrons. The summed E-state index contributed by atoms with van der Waals surface area (Å²) in [7, 11) is -2.27. The van der Waals surface area contributed by atoms with Gasteiger partial charge in [0.25, 0.3) is 0 Å². The molecule has 2 rings (SSSR count). The van der Waals surface area contributed by atoms with Crippen LogP contribution in [0.5, 0.6) is 0 Å². The molecule has 0 saturated carbocycles. The van der Waals surface area contributed by atoms with Gasteiger partial charge in [0.05, 0.1) is 5.69 Å². The van der Waals surface area contributed by atoms with Crippen molar-refractivity contribution in [3.63, 3.8) is 0 Å². The van der Waals surface area contributed by atoms with Crippen molar-refractivity contribution in [2.75, 3.05) is 6.26 Å². The third-order valence-corrected chi connectivity index (χ3v) is 3.73. The molecular weight excluding hydrogens is 287 g/mol. The van der Waals surface area contributed by atoms with E-state index in [1.54, 1.807) is 0 Å². The van der Waals surface area contributed by atoms with Crippen molar-refractivity contribution in [2.24, 2.45) is 7.05 Å². The molecule has 1 heterocycles. The minimum Gasteiger partial charge on any atom is -0.476 e. The zero-order valence-electron chi connectivity index (χ0n) is 10.7. The van der Waals surface area contributed by atoms with Crippen molar-refractivity contribution in [1.82, 2.24) is 9.55 Å². The Balaban J connectivity index is 2.77. The third kappa shape index (κ3) is 2.42. The molecule has 0 bridgehead atoms. The zero-order chi connectivity index (χ0) is 15.1. The Labute approximate surface area is 114 Å². The van der Waals surface area contributed by atoms with Crippen LogP contribution in [0.3, 0.4) is 0 Å². The van der Waals surface area contributed by atoms with Crippen molar-refractivity contribution in [2.45, 2.75) is 5.16 Å². The fraction of sp³-hybridized carbons (Fsp3) is 0.167. The molecular formula is C12H11FN2O4S. The Morgan fingerprint density at radius 3 is 2.30 bits per heavy atom. The number of imidazole rings is 1. The molecule has 1 aromatic heterocycles. The minimum atomic E-state index is -3.67. The second-order valence-electron chi connectivity index (χ2n) is 4.23. The predicted molar refractivity (Wildman–Crippen MR) is 68.7 cm³/mol. The lowest BCUT2D eigenvalue weighted by Crippen LogP contribution is -2.06.